The second kappa shape index (κ2) is 6.33. The van der Waals surface area contributed by atoms with Crippen LogP contribution < -0.4 is 5.73 Å². The maximum absolute atomic E-state index is 10.7. The van der Waals surface area contributed by atoms with Crippen molar-refractivity contribution in [2.24, 2.45) is 17.6 Å². The van der Waals surface area contributed by atoms with Gasteiger partial charge in [-0.2, -0.15) is 0 Å². The number of likely N-dealkylation sites (tertiary alicyclic amines) is 1. The molecule has 1 aliphatic rings. The zero-order valence-corrected chi connectivity index (χ0v) is 12.2. The Bertz CT molecular complexity index is 451. The molecule has 2 N–H and O–H groups in total. The minimum Gasteiger partial charge on any atom is -0.329 e. The van der Waals surface area contributed by atoms with Crippen molar-refractivity contribution in [3.05, 3.63) is 39.9 Å². The first-order valence-electron chi connectivity index (χ1n) is 7.19. The SMILES string of the molecule is CC1CC(C)CN(C(CN)c2ccc([N+](=O)[O-])cc2)C1. The predicted molar refractivity (Wildman–Crippen MR) is 79.4 cm³/mol. The summed E-state index contributed by atoms with van der Waals surface area (Å²) in [7, 11) is 0. The van der Waals surface area contributed by atoms with E-state index in [4.69, 9.17) is 5.73 Å². The molecular formula is C15H23N3O2. The molecule has 0 spiro atoms. The number of nitrogens with two attached hydrogens (primary N) is 1. The maximum Gasteiger partial charge on any atom is 0.269 e. The van der Waals surface area contributed by atoms with E-state index in [9.17, 15) is 10.1 Å². The lowest BCUT2D eigenvalue weighted by molar-refractivity contribution is -0.384. The Balaban J connectivity index is 2.16. The molecule has 1 saturated heterocycles. The van der Waals surface area contributed by atoms with Gasteiger partial charge in [0.2, 0.25) is 0 Å². The van der Waals surface area contributed by atoms with E-state index >= 15 is 0 Å². The van der Waals surface area contributed by atoms with E-state index in [0.29, 0.717) is 18.4 Å². The molecule has 0 amide bonds. The molecule has 1 aromatic rings. The minimum atomic E-state index is -0.369. The number of benzene rings is 1. The van der Waals surface area contributed by atoms with Gasteiger partial charge in [0.15, 0.2) is 0 Å². The fourth-order valence-corrected chi connectivity index (χ4v) is 3.28. The topological polar surface area (TPSA) is 72.4 Å². The van der Waals surface area contributed by atoms with Gasteiger partial charge in [-0.05, 0) is 23.8 Å². The Kier molecular flexibility index (Phi) is 4.73. The Morgan fingerprint density at radius 1 is 1.30 bits per heavy atom. The predicted octanol–water partition coefficient (Wildman–Crippen LogP) is 2.57. The van der Waals surface area contributed by atoms with Gasteiger partial charge in [0.25, 0.3) is 5.69 Å². The monoisotopic (exact) mass is 277 g/mol. The van der Waals surface area contributed by atoms with Crippen LogP contribution in [-0.4, -0.2) is 29.5 Å². The van der Waals surface area contributed by atoms with Crippen LogP contribution in [0.15, 0.2) is 24.3 Å². The first-order valence-corrected chi connectivity index (χ1v) is 7.19. The van der Waals surface area contributed by atoms with E-state index in [2.05, 4.69) is 18.7 Å². The summed E-state index contributed by atoms with van der Waals surface area (Å²) in [4.78, 5) is 12.8. The molecule has 0 bridgehead atoms. The summed E-state index contributed by atoms with van der Waals surface area (Å²) in [6.07, 6.45) is 1.26. The number of nitrogens with zero attached hydrogens (tertiary/aromatic N) is 2. The van der Waals surface area contributed by atoms with Gasteiger partial charge in [-0.15, -0.1) is 0 Å². The lowest BCUT2D eigenvalue weighted by Crippen LogP contribution is -2.43. The van der Waals surface area contributed by atoms with Gasteiger partial charge >= 0.3 is 0 Å². The molecule has 0 saturated carbocycles. The number of nitro benzene ring substituents is 1. The first kappa shape index (κ1) is 14.9. The number of hydrogen-bond acceptors (Lipinski definition) is 4. The number of piperidine rings is 1. The van der Waals surface area contributed by atoms with Crippen LogP contribution in [0.4, 0.5) is 5.69 Å². The number of nitro groups is 1. The highest BCUT2D eigenvalue weighted by molar-refractivity contribution is 5.34. The molecule has 0 aliphatic carbocycles. The third-order valence-electron chi connectivity index (χ3n) is 4.05. The van der Waals surface area contributed by atoms with Crippen LogP contribution in [0.2, 0.25) is 0 Å². The standard InChI is InChI=1S/C15H23N3O2/c1-11-7-12(2)10-17(9-11)15(8-16)13-3-5-14(6-4-13)18(19)20/h3-6,11-12,15H,7-10,16H2,1-2H3. The van der Waals surface area contributed by atoms with E-state index in [1.165, 1.54) is 6.42 Å². The van der Waals surface area contributed by atoms with Gasteiger partial charge in [0.1, 0.15) is 0 Å². The van der Waals surface area contributed by atoms with E-state index < -0.39 is 0 Å². The van der Waals surface area contributed by atoms with E-state index in [1.54, 1.807) is 12.1 Å². The smallest absolute Gasteiger partial charge is 0.269 e. The second-order valence-electron chi connectivity index (χ2n) is 6.00. The van der Waals surface area contributed by atoms with Crippen LogP contribution in [0.25, 0.3) is 0 Å². The summed E-state index contributed by atoms with van der Waals surface area (Å²) in [5.74, 6) is 1.34. The Morgan fingerprint density at radius 2 is 1.85 bits per heavy atom. The highest BCUT2D eigenvalue weighted by Crippen LogP contribution is 2.29. The van der Waals surface area contributed by atoms with Crippen molar-refractivity contribution in [1.29, 1.82) is 0 Å². The van der Waals surface area contributed by atoms with Crippen LogP contribution in [0.3, 0.4) is 0 Å². The summed E-state index contributed by atoms with van der Waals surface area (Å²) < 4.78 is 0. The van der Waals surface area contributed by atoms with Crippen molar-refractivity contribution in [3.63, 3.8) is 0 Å². The molecule has 0 aromatic heterocycles. The van der Waals surface area contributed by atoms with Crippen LogP contribution >= 0.6 is 0 Å². The van der Waals surface area contributed by atoms with E-state index in [-0.39, 0.29) is 16.7 Å². The quantitative estimate of drug-likeness (QED) is 0.678. The molecule has 20 heavy (non-hydrogen) atoms. The second-order valence-corrected chi connectivity index (χ2v) is 6.00. The maximum atomic E-state index is 10.7. The summed E-state index contributed by atoms with van der Waals surface area (Å²) in [6.45, 7) is 7.17. The number of rotatable bonds is 4. The average molecular weight is 277 g/mol. The summed E-state index contributed by atoms with van der Waals surface area (Å²) in [5, 5.41) is 10.7. The molecule has 5 nitrogen and oxygen atoms in total. The zero-order chi connectivity index (χ0) is 14.7. The van der Waals surface area contributed by atoms with Gasteiger partial charge < -0.3 is 5.73 Å². The highest BCUT2D eigenvalue weighted by Gasteiger charge is 2.27. The third kappa shape index (κ3) is 3.35. The van der Waals surface area contributed by atoms with Gasteiger partial charge in [0, 0.05) is 37.8 Å². The first-order chi connectivity index (χ1) is 9.51. The molecule has 1 aliphatic heterocycles. The largest absolute Gasteiger partial charge is 0.329 e. The van der Waals surface area contributed by atoms with Gasteiger partial charge in [-0.3, -0.25) is 15.0 Å². The van der Waals surface area contributed by atoms with Crippen molar-refractivity contribution < 1.29 is 4.92 Å². The van der Waals surface area contributed by atoms with Gasteiger partial charge in [0.05, 0.1) is 4.92 Å². The van der Waals surface area contributed by atoms with Crippen molar-refractivity contribution in [2.75, 3.05) is 19.6 Å². The molecule has 3 atom stereocenters. The Morgan fingerprint density at radius 3 is 2.30 bits per heavy atom. The fraction of sp³-hybridized carbons (Fsp3) is 0.600. The summed E-state index contributed by atoms with van der Waals surface area (Å²) in [5.41, 5.74) is 7.15. The highest BCUT2D eigenvalue weighted by atomic mass is 16.6. The Hall–Kier alpha value is -1.46. The molecule has 0 radical (unpaired) electrons. The molecule has 1 fully saturated rings. The fourth-order valence-electron chi connectivity index (χ4n) is 3.28. The minimum absolute atomic E-state index is 0.130. The molecule has 2 rings (SSSR count). The Labute approximate surface area is 119 Å². The normalized spacial score (nSPS) is 25.4. The van der Waals surface area contributed by atoms with E-state index in [1.807, 2.05) is 12.1 Å². The molecule has 110 valence electrons. The van der Waals surface area contributed by atoms with Crippen LogP contribution in [0.5, 0.6) is 0 Å². The summed E-state index contributed by atoms with van der Waals surface area (Å²) >= 11 is 0. The van der Waals surface area contributed by atoms with Crippen LogP contribution in [0, 0.1) is 22.0 Å². The number of non-ortho nitro benzene ring substituents is 1. The molecule has 5 heteroatoms. The molecule has 1 heterocycles. The average Bonchev–Trinajstić information content (AvgIpc) is 2.39. The van der Waals surface area contributed by atoms with Crippen LogP contribution in [0.1, 0.15) is 31.9 Å². The molecule has 3 unspecified atom stereocenters. The van der Waals surface area contributed by atoms with Gasteiger partial charge in [-0.25, -0.2) is 0 Å². The lowest BCUT2D eigenvalue weighted by atomic mass is 9.89. The zero-order valence-electron chi connectivity index (χ0n) is 12.2. The molecule has 1 aromatic carbocycles. The van der Waals surface area contributed by atoms with E-state index in [0.717, 1.165) is 18.7 Å². The van der Waals surface area contributed by atoms with Crippen molar-refractivity contribution in [1.82, 2.24) is 4.90 Å². The van der Waals surface area contributed by atoms with Crippen LogP contribution in [-0.2, 0) is 0 Å². The van der Waals surface area contributed by atoms with Crippen molar-refractivity contribution >= 4 is 5.69 Å². The third-order valence-corrected chi connectivity index (χ3v) is 4.05. The lowest BCUT2D eigenvalue weighted by Gasteiger charge is -2.40. The number of hydrogen-bond donors (Lipinski definition) is 1. The molecular weight excluding hydrogens is 254 g/mol. The summed E-state index contributed by atoms with van der Waals surface area (Å²) in [6, 6.07) is 6.95. The van der Waals surface area contributed by atoms with Gasteiger partial charge in [-0.1, -0.05) is 26.0 Å². The van der Waals surface area contributed by atoms with Crippen molar-refractivity contribution in [3.8, 4) is 0 Å². The van der Waals surface area contributed by atoms with Crippen molar-refractivity contribution in [2.45, 2.75) is 26.3 Å².